The third kappa shape index (κ3) is 8.06. The molecule has 0 aromatic rings. The number of hydrogen-bond acceptors (Lipinski definition) is 3. The van der Waals surface area contributed by atoms with Crippen molar-refractivity contribution < 1.29 is 14.0 Å². The SMILES string of the molecule is CCOC(N)=O.C[Si]1(C)CCCCO1. The molecule has 0 atom stereocenters. The van der Waals surface area contributed by atoms with Crippen molar-refractivity contribution in [2.24, 2.45) is 5.73 Å². The largest absolute Gasteiger partial charge is 0.450 e. The van der Waals surface area contributed by atoms with E-state index >= 15 is 0 Å². The van der Waals surface area contributed by atoms with E-state index in [4.69, 9.17) is 4.43 Å². The van der Waals surface area contributed by atoms with Crippen LogP contribution >= 0.6 is 0 Å². The van der Waals surface area contributed by atoms with Crippen LogP contribution < -0.4 is 5.73 Å². The average Bonchev–Trinajstić information content (AvgIpc) is 2.04. The number of carbonyl (C=O) groups is 1. The first-order chi connectivity index (χ1) is 6.48. The zero-order valence-electron chi connectivity index (χ0n) is 9.34. The number of ether oxygens (including phenoxy) is 1. The summed E-state index contributed by atoms with van der Waals surface area (Å²) >= 11 is 0. The highest BCUT2D eigenvalue weighted by molar-refractivity contribution is 6.71. The van der Waals surface area contributed by atoms with E-state index in [9.17, 15) is 4.79 Å². The van der Waals surface area contributed by atoms with Gasteiger partial charge in [0, 0.05) is 6.61 Å². The molecule has 0 unspecified atom stereocenters. The molecule has 84 valence electrons. The summed E-state index contributed by atoms with van der Waals surface area (Å²) in [6.45, 7) is 7.68. The van der Waals surface area contributed by atoms with Crippen molar-refractivity contribution in [3.63, 3.8) is 0 Å². The van der Waals surface area contributed by atoms with Gasteiger partial charge in [-0.2, -0.15) is 0 Å². The molecule has 1 aliphatic heterocycles. The Hall–Kier alpha value is -0.553. The summed E-state index contributed by atoms with van der Waals surface area (Å²) in [6.07, 6.45) is 1.98. The molecule has 1 aliphatic rings. The number of carbonyl (C=O) groups excluding carboxylic acids is 1. The molecule has 1 amide bonds. The number of nitrogens with two attached hydrogens (primary N) is 1. The van der Waals surface area contributed by atoms with Gasteiger partial charge in [0.05, 0.1) is 6.61 Å². The Morgan fingerprint density at radius 3 is 2.29 bits per heavy atom. The van der Waals surface area contributed by atoms with Crippen LogP contribution in [0.4, 0.5) is 4.79 Å². The van der Waals surface area contributed by atoms with E-state index in [0.29, 0.717) is 6.61 Å². The molecule has 5 heteroatoms. The molecule has 0 aromatic heterocycles. The monoisotopic (exact) mass is 219 g/mol. The summed E-state index contributed by atoms with van der Waals surface area (Å²) in [7, 11) is -1.09. The van der Waals surface area contributed by atoms with Crippen LogP contribution in [-0.4, -0.2) is 27.6 Å². The predicted molar refractivity (Wildman–Crippen MR) is 58.7 cm³/mol. The second-order valence-corrected chi connectivity index (χ2v) is 8.13. The van der Waals surface area contributed by atoms with Gasteiger partial charge in [-0.05, 0) is 32.5 Å². The highest BCUT2D eigenvalue weighted by atomic mass is 28.4. The zero-order valence-corrected chi connectivity index (χ0v) is 10.3. The lowest BCUT2D eigenvalue weighted by Crippen LogP contribution is -2.33. The maximum Gasteiger partial charge on any atom is 0.404 e. The van der Waals surface area contributed by atoms with E-state index < -0.39 is 14.4 Å². The highest BCUT2D eigenvalue weighted by Gasteiger charge is 2.24. The van der Waals surface area contributed by atoms with Gasteiger partial charge in [-0.25, -0.2) is 4.79 Å². The van der Waals surface area contributed by atoms with Crippen molar-refractivity contribution in [2.45, 2.75) is 38.9 Å². The van der Waals surface area contributed by atoms with Crippen molar-refractivity contribution in [3.05, 3.63) is 0 Å². The first kappa shape index (κ1) is 13.4. The van der Waals surface area contributed by atoms with Crippen LogP contribution in [0, 0.1) is 0 Å². The molecule has 0 saturated carbocycles. The first-order valence-electron chi connectivity index (χ1n) is 5.04. The van der Waals surface area contributed by atoms with Gasteiger partial charge in [-0.1, -0.05) is 6.42 Å². The molecule has 4 nitrogen and oxygen atoms in total. The molecule has 1 fully saturated rings. The Labute approximate surface area is 86.9 Å². The quantitative estimate of drug-likeness (QED) is 0.687. The molecule has 0 radical (unpaired) electrons. The maximum absolute atomic E-state index is 9.60. The standard InChI is InChI=1S/C6H14OSi.C3H7NO2/c1-8(2)6-4-3-5-7-8;1-2-6-3(4)5/h3-6H2,1-2H3;2H2,1H3,(H2,4,5). The minimum Gasteiger partial charge on any atom is -0.450 e. The van der Waals surface area contributed by atoms with Crippen molar-refractivity contribution in [2.75, 3.05) is 13.2 Å². The van der Waals surface area contributed by atoms with Gasteiger partial charge in [0.2, 0.25) is 0 Å². The van der Waals surface area contributed by atoms with Gasteiger partial charge in [0.15, 0.2) is 8.32 Å². The van der Waals surface area contributed by atoms with Crippen LogP contribution in [0.2, 0.25) is 19.1 Å². The summed E-state index contributed by atoms with van der Waals surface area (Å²) in [5.74, 6) is 0. The van der Waals surface area contributed by atoms with Crippen LogP contribution in [0.1, 0.15) is 19.8 Å². The fourth-order valence-corrected chi connectivity index (χ4v) is 3.16. The van der Waals surface area contributed by atoms with Gasteiger partial charge in [-0.3, -0.25) is 0 Å². The summed E-state index contributed by atoms with van der Waals surface area (Å²) in [5.41, 5.74) is 4.54. The van der Waals surface area contributed by atoms with Crippen LogP contribution in [0.25, 0.3) is 0 Å². The van der Waals surface area contributed by atoms with Gasteiger partial charge < -0.3 is 14.9 Å². The number of amides is 1. The van der Waals surface area contributed by atoms with Crippen LogP contribution in [0.3, 0.4) is 0 Å². The predicted octanol–water partition coefficient (Wildman–Crippen LogP) is 2.10. The smallest absolute Gasteiger partial charge is 0.404 e. The minimum absolute atomic E-state index is 0.356. The fourth-order valence-electron chi connectivity index (χ4n) is 1.22. The van der Waals surface area contributed by atoms with Gasteiger partial charge in [0.1, 0.15) is 0 Å². The van der Waals surface area contributed by atoms with E-state index in [1.165, 1.54) is 18.9 Å². The Balaban J connectivity index is 0.000000255. The van der Waals surface area contributed by atoms with E-state index in [1.54, 1.807) is 6.92 Å². The van der Waals surface area contributed by atoms with E-state index in [0.717, 1.165) is 6.61 Å². The maximum atomic E-state index is 9.60. The fraction of sp³-hybridized carbons (Fsp3) is 0.889. The second kappa shape index (κ2) is 6.84. The number of rotatable bonds is 1. The average molecular weight is 219 g/mol. The molecule has 0 spiro atoms. The van der Waals surface area contributed by atoms with Crippen molar-refractivity contribution in [3.8, 4) is 0 Å². The van der Waals surface area contributed by atoms with Crippen LogP contribution in [0.15, 0.2) is 0 Å². The molecule has 1 saturated heterocycles. The molecule has 0 aliphatic carbocycles. The van der Waals surface area contributed by atoms with Gasteiger partial charge >= 0.3 is 6.09 Å². The Morgan fingerprint density at radius 1 is 1.50 bits per heavy atom. The highest BCUT2D eigenvalue weighted by Crippen LogP contribution is 2.20. The molecular formula is C9H21NO3Si. The van der Waals surface area contributed by atoms with Crippen molar-refractivity contribution >= 4 is 14.4 Å². The van der Waals surface area contributed by atoms with E-state index in [-0.39, 0.29) is 0 Å². The topological polar surface area (TPSA) is 61.5 Å². The molecule has 2 N–H and O–H groups in total. The summed E-state index contributed by atoms with van der Waals surface area (Å²) in [4.78, 5) is 9.60. The minimum atomic E-state index is -1.09. The number of hydrogen-bond donors (Lipinski definition) is 1. The summed E-state index contributed by atoms with van der Waals surface area (Å²) in [5, 5.41) is 0. The molecule has 1 rings (SSSR count). The van der Waals surface area contributed by atoms with Crippen molar-refractivity contribution in [1.29, 1.82) is 0 Å². The third-order valence-electron chi connectivity index (χ3n) is 1.95. The van der Waals surface area contributed by atoms with Crippen LogP contribution in [0.5, 0.6) is 0 Å². The zero-order chi connectivity index (χ0) is 11.0. The van der Waals surface area contributed by atoms with E-state index in [1.807, 2.05) is 0 Å². The number of primary amides is 1. The van der Waals surface area contributed by atoms with Gasteiger partial charge in [0.25, 0.3) is 0 Å². The molecule has 1 heterocycles. The molecular weight excluding hydrogens is 198 g/mol. The normalized spacial score (nSPS) is 19.1. The Kier molecular flexibility index (Phi) is 6.57. The Morgan fingerprint density at radius 2 is 2.14 bits per heavy atom. The summed E-state index contributed by atoms with van der Waals surface area (Å²) in [6, 6.07) is 1.37. The van der Waals surface area contributed by atoms with Gasteiger partial charge in [-0.15, -0.1) is 0 Å². The Bertz CT molecular complexity index is 165. The lowest BCUT2D eigenvalue weighted by atomic mass is 10.4. The lowest BCUT2D eigenvalue weighted by Gasteiger charge is -2.27. The van der Waals surface area contributed by atoms with Crippen LogP contribution in [-0.2, 0) is 9.16 Å². The van der Waals surface area contributed by atoms with E-state index in [2.05, 4.69) is 23.6 Å². The molecule has 14 heavy (non-hydrogen) atoms. The lowest BCUT2D eigenvalue weighted by molar-refractivity contribution is 0.163. The molecule has 0 bridgehead atoms. The first-order valence-corrected chi connectivity index (χ1v) is 8.15. The second-order valence-electron chi connectivity index (χ2n) is 3.82. The van der Waals surface area contributed by atoms with Crippen molar-refractivity contribution in [1.82, 2.24) is 0 Å². The molecule has 0 aromatic carbocycles. The third-order valence-corrected chi connectivity index (χ3v) is 4.50. The summed E-state index contributed by atoms with van der Waals surface area (Å²) < 4.78 is 9.78.